The van der Waals surface area contributed by atoms with Crippen LogP contribution < -0.4 is 5.56 Å². The molecule has 21 heavy (non-hydrogen) atoms. The van der Waals surface area contributed by atoms with E-state index >= 15 is 0 Å². The Labute approximate surface area is 124 Å². The third-order valence-electron chi connectivity index (χ3n) is 3.72. The monoisotopic (exact) mass is 287 g/mol. The van der Waals surface area contributed by atoms with Crippen LogP contribution in [0.1, 0.15) is 49.5 Å². The van der Waals surface area contributed by atoms with Crippen molar-refractivity contribution in [3.05, 3.63) is 46.4 Å². The molecule has 0 spiro atoms. The van der Waals surface area contributed by atoms with Gasteiger partial charge in [0.2, 0.25) is 0 Å². The summed E-state index contributed by atoms with van der Waals surface area (Å²) in [5.41, 5.74) is -0.129. The highest BCUT2D eigenvalue weighted by Gasteiger charge is 2.13. The van der Waals surface area contributed by atoms with E-state index < -0.39 is 5.97 Å². The molecule has 0 aliphatic heterocycles. The molecule has 1 aromatic carbocycles. The van der Waals surface area contributed by atoms with Crippen LogP contribution in [0.2, 0.25) is 0 Å². The number of carbonyl (C=O) groups is 1. The summed E-state index contributed by atoms with van der Waals surface area (Å²) in [5.74, 6) is -1.05. The second-order valence-electron chi connectivity index (χ2n) is 5.29. The zero-order chi connectivity index (χ0) is 15.2. The van der Waals surface area contributed by atoms with Crippen molar-refractivity contribution in [2.24, 2.45) is 0 Å². The molecular weight excluding hydrogens is 266 g/mol. The largest absolute Gasteiger partial charge is 0.477 e. The lowest BCUT2D eigenvalue weighted by Crippen LogP contribution is -2.26. The number of carboxylic acid groups (broad SMARTS) is 1. The molecule has 4 heteroatoms. The van der Waals surface area contributed by atoms with Crippen molar-refractivity contribution in [1.82, 2.24) is 4.57 Å². The van der Waals surface area contributed by atoms with E-state index in [-0.39, 0.29) is 11.3 Å². The van der Waals surface area contributed by atoms with Crippen molar-refractivity contribution in [2.45, 2.75) is 45.6 Å². The van der Waals surface area contributed by atoms with Crippen LogP contribution in [-0.2, 0) is 6.54 Å². The molecule has 0 unspecified atom stereocenters. The number of fused-ring (bicyclic) bond motifs is 1. The van der Waals surface area contributed by atoms with Gasteiger partial charge in [0.1, 0.15) is 5.69 Å². The Morgan fingerprint density at radius 1 is 1.14 bits per heavy atom. The van der Waals surface area contributed by atoms with Crippen LogP contribution in [0, 0.1) is 0 Å². The molecule has 0 aliphatic carbocycles. The van der Waals surface area contributed by atoms with Gasteiger partial charge in [-0.2, -0.15) is 0 Å². The van der Waals surface area contributed by atoms with Crippen molar-refractivity contribution in [2.75, 3.05) is 0 Å². The van der Waals surface area contributed by atoms with Crippen molar-refractivity contribution in [3.8, 4) is 0 Å². The molecule has 1 N–H and O–H groups in total. The molecule has 1 aromatic heterocycles. The molecule has 112 valence electrons. The van der Waals surface area contributed by atoms with Crippen molar-refractivity contribution >= 4 is 16.7 Å². The molecule has 2 aromatic rings. The van der Waals surface area contributed by atoms with E-state index in [1.165, 1.54) is 11.0 Å². The highest BCUT2D eigenvalue weighted by atomic mass is 16.4. The number of hydrogen-bond donors (Lipinski definition) is 1. The summed E-state index contributed by atoms with van der Waals surface area (Å²) in [7, 11) is 0. The van der Waals surface area contributed by atoms with Gasteiger partial charge in [0.05, 0.1) is 0 Å². The van der Waals surface area contributed by atoms with Gasteiger partial charge < -0.3 is 9.67 Å². The number of carboxylic acids is 1. The van der Waals surface area contributed by atoms with E-state index in [0.29, 0.717) is 17.3 Å². The lowest BCUT2D eigenvalue weighted by molar-refractivity contribution is 0.0683. The smallest absolute Gasteiger partial charge is 0.352 e. The van der Waals surface area contributed by atoms with Crippen LogP contribution in [0.4, 0.5) is 0 Å². The van der Waals surface area contributed by atoms with E-state index in [0.717, 1.165) is 25.7 Å². The standard InChI is InChI=1S/C17H21NO3/c1-2-3-4-5-8-11-18-15(17(20)21)12-13-9-6-7-10-14(13)16(18)19/h6-7,9-10,12H,2-5,8,11H2,1H3,(H,20,21). The average Bonchev–Trinajstić information content (AvgIpc) is 2.48. The number of aromatic nitrogens is 1. The highest BCUT2D eigenvalue weighted by molar-refractivity contribution is 5.92. The minimum atomic E-state index is -1.05. The SMILES string of the molecule is CCCCCCCn1c(C(=O)O)cc2ccccc2c1=O. The summed E-state index contributed by atoms with van der Waals surface area (Å²) >= 11 is 0. The Bertz CT molecular complexity index is 688. The van der Waals surface area contributed by atoms with E-state index in [1.807, 2.05) is 6.07 Å². The fourth-order valence-corrected chi connectivity index (χ4v) is 2.57. The van der Waals surface area contributed by atoms with Crippen LogP contribution in [0.25, 0.3) is 10.8 Å². The molecule has 0 saturated carbocycles. The van der Waals surface area contributed by atoms with E-state index in [4.69, 9.17) is 0 Å². The highest BCUT2D eigenvalue weighted by Crippen LogP contribution is 2.13. The summed E-state index contributed by atoms with van der Waals surface area (Å²) in [6.07, 6.45) is 5.32. The van der Waals surface area contributed by atoms with Gasteiger partial charge in [-0.25, -0.2) is 4.79 Å². The number of hydrogen-bond acceptors (Lipinski definition) is 2. The van der Waals surface area contributed by atoms with Crippen LogP contribution in [0.3, 0.4) is 0 Å². The van der Waals surface area contributed by atoms with Crippen molar-refractivity contribution in [3.63, 3.8) is 0 Å². The zero-order valence-corrected chi connectivity index (χ0v) is 12.3. The van der Waals surface area contributed by atoms with Gasteiger partial charge in [0.15, 0.2) is 0 Å². The second-order valence-corrected chi connectivity index (χ2v) is 5.29. The Balaban J connectivity index is 2.31. The lowest BCUT2D eigenvalue weighted by atomic mass is 10.1. The van der Waals surface area contributed by atoms with Crippen molar-refractivity contribution < 1.29 is 9.90 Å². The number of benzene rings is 1. The minimum absolute atomic E-state index is 0.0780. The average molecular weight is 287 g/mol. The Morgan fingerprint density at radius 3 is 2.57 bits per heavy atom. The molecule has 4 nitrogen and oxygen atoms in total. The Morgan fingerprint density at radius 2 is 1.86 bits per heavy atom. The maximum atomic E-state index is 12.5. The van der Waals surface area contributed by atoms with Gasteiger partial charge in [-0.15, -0.1) is 0 Å². The van der Waals surface area contributed by atoms with Gasteiger partial charge >= 0.3 is 5.97 Å². The first-order chi connectivity index (χ1) is 10.1. The number of aromatic carboxylic acids is 1. The molecule has 0 aliphatic rings. The van der Waals surface area contributed by atoms with Gasteiger partial charge in [-0.05, 0) is 23.9 Å². The second kappa shape index (κ2) is 7.07. The van der Waals surface area contributed by atoms with Crippen LogP contribution in [0.15, 0.2) is 35.1 Å². The number of nitrogens with zero attached hydrogens (tertiary/aromatic N) is 1. The van der Waals surface area contributed by atoms with Crippen molar-refractivity contribution in [1.29, 1.82) is 0 Å². The minimum Gasteiger partial charge on any atom is -0.477 e. The first-order valence-corrected chi connectivity index (χ1v) is 7.51. The number of pyridine rings is 1. The first-order valence-electron chi connectivity index (χ1n) is 7.51. The summed E-state index contributed by atoms with van der Waals surface area (Å²) in [6, 6.07) is 8.72. The van der Waals surface area contributed by atoms with Gasteiger partial charge in [0.25, 0.3) is 5.56 Å². The molecule has 2 rings (SSSR count). The third-order valence-corrected chi connectivity index (χ3v) is 3.72. The fraction of sp³-hybridized carbons (Fsp3) is 0.412. The van der Waals surface area contributed by atoms with Crippen LogP contribution in [0.5, 0.6) is 0 Å². The van der Waals surface area contributed by atoms with Crippen LogP contribution in [-0.4, -0.2) is 15.6 Å². The number of rotatable bonds is 7. The van der Waals surface area contributed by atoms with Gasteiger partial charge in [-0.1, -0.05) is 50.8 Å². The lowest BCUT2D eigenvalue weighted by Gasteiger charge is -2.11. The quantitative estimate of drug-likeness (QED) is 0.790. The maximum absolute atomic E-state index is 12.5. The molecule has 0 saturated heterocycles. The molecule has 0 atom stereocenters. The summed E-state index contributed by atoms with van der Waals surface area (Å²) < 4.78 is 1.40. The number of unbranched alkanes of at least 4 members (excludes halogenated alkanes) is 4. The topological polar surface area (TPSA) is 59.3 Å². The van der Waals surface area contributed by atoms with E-state index in [9.17, 15) is 14.7 Å². The molecule has 0 radical (unpaired) electrons. The predicted octanol–water partition coefficient (Wildman–Crippen LogP) is 3.67. The summed E-state index contributed by atoms with van der Waals surface area (Å²) in [6.45, 7) is 2.62. The van der Waals surface area contributed by atoms with E-state index in [1.54, 1.807) is 24.3 Å². The molecular formula is C17H21NO3. The molecule has 0 amide bonds. The Kier molecular flexibility index (Phi) is 5.14. The summed E-state index contributed by atoms with van der Waals surface area (Å²) in [5, 5.41) is 10.6. The molecule has 1 heterocycles. The zero-order valence-electron chi connectivity index (χ0n) is 12.3. The first kappa shape index (κ1) is 15.3. The molecule has 0 bridgehead atoms. The fourth-order valence-electron chi connectivity index (χ4n) is 2.57. The van der Waals surface area contributed by atoms with Gasteiger partial charge in [-0.3, -0.25) is 4.79 Å². The third kappa shape index (κ3) is 3.51. The van der Waals surface area contributed by atoms with E-state index in [2.05, 4.69) is 6.92 Å². The predicted molar refractivity (Wildman–Crippen MR) is 83.9 cm³/mol. The maximum Gasteiger partial charge on any atom is 0.352 e. The normalized spacial score (nSPS) is 10.9. The van der Waals surface area contributed by atoms with Gasteiger partial charge in [0, 0.05) is 11.9 Å². The van der Waals surface area contributed by atoms with Crippen LogP contribution >= 0.6 is 0 Å². The molecule has 0 fully saturated rings. The Hall–Kier alpha value is -2.10. The summed E-state index contributed by atoms with van der Waals surface area (Å²) in [4.78, 5) is 23.9.